The summed E-state index contributed by atoms with van der Waals surface area (Å²) in [7, 11) is 1.50. The van der Waals surface area contributed by atoms with E-state index in [2.05, 4.69) is 22.4 Å². The van der Waals surface area contributed by atoms with Crippen LogP contribution in [0.15, 0.2) is 77.1 Å². The molecule has 55 heavy (non-hydrogen) atoms. The van der Waals surface area contributed by atoms with Crippen molar-refractivity contribution in [2.75, 3.05) is 23.9 Å². The van der Waals surface area contributed by atoms with Gasteiger partial charge in [0.25, 0.3) is 5.91 Å². The highest BCUT2D eigenvalue weighted by Gasteiger charge is 2.26. The molecule has 0 saturated carbocycles. The predicted octanol–water partition coefficient (Wildman–Crippen LogP) is 11.1. The zero-order chi connectivity index (χ0) is 39.2. The quantitative estimate of drug-likeness (QED) is 0.0337. The molecule has 0 unspecified atom stereocenters. The number of ether oxygens (including phenoxy) is 2. The Morgan fingerprint density at radius 2 is 1.62 bits per heavy atom. The van der Waals surface area contributed by atoms with Gasteiger partial charge in [-0.25, -0.2) is 4.79 Å². The van der Waals surface area contributed by atoms with Crippen molar-refractivity contribution in [3.63, 3.8) is 0 Å². The molecule has 0 radical (unpaired) electrons. The SMILES string of the molecule is CCCCCCCCCCCCN(C(=O)Oc1ccc(CSc2nnc(C)s2)cc1[N+](=O)[O-])c1cccc2c(O)c(C(=O)Nc3ccccc3OC)ccc12. The molecule has 1 aromatic heterocycles. The van der Waals surface area contributed by atoms with Gasteiger partial charge in [-0.15, -0.1) is 10.2 Å². The molecule has 1 heterocycles. The third kappa shape index (κ3) is 11.2. The highest BCUT2D eigenvalue weighted by molar-refractivity contribution is 8.00. The molecule has 12 nitrogen and oxygen atoms in total. The Labute approximate surface area is 329 Å². The third-order valence-electron chi connectivity index (χ3n) is 9.14. The minimum absolute atomic E-state index is 0.0366. The number of phenols is 1. The highest BCUT2D eigenvalue weighted by atomic mass is 32.2. The minimum Gasteiger partial charge on any atom is -0.506 e. The second kappa shape index (κ2) is 20.5. The van der Waals surface area contributed by atoms with Gasteiger partial charge in [-0.3, -0.25) is 19.8 Å². The molecule has 5 aromatic rings. The lowest BCUT2D eigenvalue weighted by Crippen LogP contribution is -2.34. The molecule has 0 spiro atoms. The second-order valence-electron chi connectivity index (χ2n) is 13.1. The number of hydrogen-bond acceptors (Lipinski definition) is 11. The molecule has 14 heteroatoms. The number of rotatable bonds is 20. The van der Waals surface area contributed by atoms with E-state index in [0.717, 1.165) is 28.6 Å². The summed E-state index contributed by atoms with van der Waals surface area (Å²) in [4.78, 5) is 40.5. The first-order valence-corrected chi connectivity index (χ1v) is 20.4. The number of para-hydroxylation sites is 2. The van der Waals surface area contributed by atoms with E-state index in [9.17, 15) is 24.8 Å². The number of nitro benzene ring substituents is 1. The lowest BCUT2D eigenvalue weighted by molar-refractivity contribution is -0.385. The monoisotopic (exact) mass is 785 g/mol. The van der Waals surface area contributed by atoms with Crippen LogP contribution in [0, 0.1) is 17.0 Å². The van der Waals surface area contributed by atoms with Crippen molar-refractivity contribution in [3.05, 3.63) is 99.0 Å². The minimum atomic E-state index is -0.796. The smallest absolute Gasteiger partial charge is 0.420 e. The number of unbranched alkanes of at least 4 members (excludes halogenated alkanes) is 9. The number of phenolic OH excluding ortho intramolecular Hbond substituents is 1. The number of anilines is 2. The van der Waals surface area contributed by atoms with Crippen LogP contribution in [0.1, 0.15) is 92.1 Å². The number of nitrogens with one attached hydrogen (secondary N) is 1. The molecule has 0 saturated heterocycles. The van der Waals surface area contributed by atoms with Gasteiger partial charge in [0, 0.05) is 29.1 Å². The van der Waals surface area contributed by atoms with Crippen LogP contribution < -0.4 is 19.7 Å². The fraction of sp³-hybridized carbons (Fsp3) is 0.366. The second-order valence-corrected chi connectivity index (χ2v) is 15.5. The van der Waals surface area contributed by atoms with Gasteiger partial charge < -0.3 is 19.9 Å². The van der Waals surface area contributed by atoms with Gasteiger partial charge in [-0.1, -0.05) is 124 Å². The van der Waals surface area contributed by atoms with E-state index in [1.54, 1.807) is 54.6 Å². The summed E-state index contributed by atoms with van der Waals surface area (Å²) >= 11 is 2.86. The van der Waals surface area contributed by atoms with E-state index in [0.29, 0.717) is 45.6 Å². The zero-order valence-electron chi connectivity index (χ0n) is 31.4. The number of aromatic nitrogens is 2. The number of nitro groups is 1. The number of carbonyl (C=O) groups is 2. The Kier molecular flexibility index (Phi) is 15.2. The lowest BCUT2D eigenvalue weighted by atomic mass is 10.0. The Bertz CT molecular complexity index is 2090. The standard InChI is InChI=1S/C41H47N5O7S2/c1-4-5-6-7-8-9-10-11-12-15-25-45(41(49)53-37-24-21-29(26-35(37)46(50)51)27-54-40-44-43-28(2)55-40)34-19-16-17-31-30(34)22-23-32(38(31)47)39(48)42-33-18-13-14-20-36(33)52-3/h13-14,16-24,26,47H,4-12,15,25,27H2,1-3H3,(H,42,48). The molecular weight excluding hydrogens is 739 g/mol. The van der Waals surface area contributed by atoms with Crippen LogP contribution in [0.5, 0.6) is 17.2 Å². The van der Waals surface area contributed by atoms with Crippen molar-refractivity contribution in [2.24, 2.45) is 0 Å². The van der Waals surface area contributed by atoms with Crippen molar-refractivity contribution >= 4 is 62.9 Å². The van der Waals surface area contributed by atoms with E-state index in [1.165, 1.54) is 91.8 Å². The van der Waals surface area contributed by atoms with Crippen LogP contribution in [0.4, 0.5) is 21.9 Å². The Hall–Kier alpha value is -5.21. The number of nitrogens with zero attached hydrogens (tertiary/aromatic N) is 4. The average molecular weight is 786 g/mol. The Morgan fingerprint density at radius 3 is 2.31 bits per heavy atom. The van der Waals surface area contributed by atoms with Gasteiger partial charge in [0.05, 0.1) is 29.0 Å². The molecule has 2 amide bonds. The zero-order valence-corrected chi connectivity index (χ0v) is 33.0. The van der Waals surface area contributed by atoms with Gasteiger partial charge in [0.2, 0.25) is 5.75 Å². The molecule has 0 aliphatic heterocycles. The number of carbonyl (C=O) groups excluding carboxylic acids is 2. The predicted molar refractivity (Wildman–Crippen MR) is 219 cm³/mol. The van der Waals surface area contributed by atoms with E-state index in [4.69, 9.17) is 9.47 Å². The summed E-state index contributed by atoms with van der Waals surface area (Å²) in [5.41, 5.74) is 1.26. The maximum absolute atomic E-state index is 14.1. The van der Waals surface area contributed by atoms with Crippen molar-refractivity contribution in [2.45, 2.75) is 88.1 Å². The lowest BCUT2D eigenvalue weighted by Gasteiger charge is -2.24. The Morgan fingerprint density at radius 1 is 0.891 bits per heavy atom. The van der Waals surface area contributed by atoms with Crippen LogP contribution in [-0.4, -0.2) is 45.9 Å². The molecule has 0 aliphatic carbocycles. The Balaban J connectivity index is 1.37. The average Bonchev–Trinajstić information content (AvgIpc) is 3.61. The summed E-state index contributed by atoms with van der Waals surface area (Å²) < 4.78 is 11.9. The first kappa shape index (κ1) is 41.0. The van der Waals surface area contributed by atoms with E-state index in [1.807, 2.05) is 6.92 Å². The van der Waals surface area contributed by atoms with Crippen molar-refractivity contribution in [3.8, 4) is 17.2 Å². The van der Waals surface area contributed by atoms with Crippen LogP contribution in [0.25, 0.3) is 10.8 Å². The first-order valence-electron chi connectivity index (χ1n) is 18.6. The summed E-state index contributed by atoms with van der Waals surface area (Å²) in [5.74, 6) is -0.0821. The van der Waals surface area contributed by atoms with Gasteiger partial charge in [0.15, 0.2) is 4.34 Å². The molecule has 290 valence electrons. The van der Waals surface area contributed by atoms with Crippen LogP contribution in [-0.2, 0) is 5.75 Å². The van der Waals surface area contributed by atoms with Crippen molar-refractivity contribution in [1.29, 1.82) is 0 Å². The number of hydrogen-bond donors (Lipinski definition) is 2. The number of benzene rings is 4. The molecule has 4 aromatic carbocycles. The third-order valence-corrected chi connectivity index (χ3v) is 11.2. The summed E-state index contributed by atoms with van der Waals surface area (Å²) in [6, 6.07) is 19.8. The molecule has 0 aliphatic rings. The summed E-state index contributed by atoms with van der Waals surface area (Å²) in [5, 5.41) is 36.2. The first-order chi connectivity index (χ1) is 26.7. The van der Waals surface area contributed by atoms with E-state index >= 15 is 0 Å². The highest BCUT2D eigenvalue weighted by Crippen LogP contribution is 2.37. The van der Waals surface area contributed by atoms with Gasteiger partial charge >= 0.3 is 11.8 Å². The van der Waals surface area contributed by atoms with E-state index < -0.39 is 16.9 Å². The molecule has 0 fully saturated rings. The van der Waals surface area contributed by atoms with Gasteiger partial charge in [-0.05, 0) is 49.2 Å². The number of methoxy groups -OCH3 is 1. The molecule has 5 rings (SSSR count). The van der Waals surface area contributed by atoms with E-state index in [-0.39, 0.29) is 29.3 Å². The summed E-state index contributed by atoms with van der Waals surface area (Å²) in [6.45, 7) is 4.34. The fourth-order valence-corrected chi connectivity index (χ4v) is 8.02. The number of amides is 2. The normalized spacial score (nSPS) is 11.0. The maximum Gasteiger partial charge on any atom is 0.420 e. The van der Waals surface area contributed by atoms with Crippen LogP contribution in [0.3, 0.4) is 0 Å². The largest absolute Gasteiger partial charge is 0.506 e. The van der Waals surface area contributed by atoms with Gasteiger partial charge in [-0.2, -0.15) is 0 Å². The number of thioether (sulfide) groups is 1. The topological polar surface area (TPSA) is 157 Å². The maximum atomic E-state index is 14.1. The van der Waals surface area contributed by atoms with Crippen LogP contribution >= 0.6 is 23.1 Å². The summed E-state index contributed by atoms with van der Waals surface area (Å²) in [6.07, 6.45) is 10.3. The number of fused-ring (bicyclic) bond motifs is 1. The fourth-order valence-electron chi connectivity index (χ4n) is 6.26. The molecule has 2 N–H and O–H groups in total. The van der Waals surface area contributed by atoms with Crippen LogP contribution in [0.2, 0.25) is 0 Å². The molecular formula is C41H47N5O7S2. The van der Waals surface area contributed by atoms with Crippen molar-refractivity contribution in [1.82, 2.24) is 10.2 Å². The number of aromatic hydroxyl groups is 1. The van der Waals surface area contributed by atoms with Crippen molar-refractivity contribution < 1.29 is 29.1 Å². The van der Waals surface area contributed by atoms with Gasteiger partial charge in [0.1, 0.15) is 16.5 Å². The molecule has 0 bridgehead atoms. The molecule has 0 atom stereocenters. The number of aryl methyl sites for hydroxylation is 1.